The summed E-state index contributed by atoms with van der Waals surface area (Å²) in [4.78, 5) is 23.5. The van der Waals surface area contributed by atoms with E-state index in [-0.39, 0.29) is 11.3 Å². The standard InChI is InChI=1S/C15H11BrFNO3/c1-21-15(20)10-5-6-12(17)13(8-10)18-14(19)9-3-2-4-11(16)7-9/h2-8H,1H3,(H,18,19). The Hall–Kier alpha value is -2.21. The summed E-state index contributed by atoms with van der Waals surface area (Å²) >= 11 is 3.26. The van der Waals surface area contributed by atoms with Crippen LogP contribution in [0.2, 0.25) is 0 Å². The maximum absolute atomic E-state index is 13.7. The number of methoxy groups -OCH3 is 1. The summed E-state index contributed by atoms with van der Waals surface area (Å²) in [6.07, 6.45) is 0. The van der Waals surface area contributed by atoms with Crippen molar-refractivity contribution in [3.63, 3.8) is 0 Å². The highest BCUT2D eigenvalue weighted by molar-refractivity contribution is 9.10. The second-order valence-corrected chi connectivity index (χ2v) is 5.07. The molecule has 0 aliphatic heterocycles. The molecular formula is C15H11BrFNO3. The minimum atomic E-state index is -0.633. The summed E-state index contributed by atoms with van der Waals surface area (Å²) in [6.45, 7) is 0. The number of ether oxygens (including phenoxy) is 1. The number of carbonyl (C=O) groups excluding carboxylic acids is 2. The molecule has 0 spiro atoms. The quantitative estimate of drug-likeness (QED) is 0.859. The predicted octanol–water partition coefficient (Wildman–Crippen LogP) is 3.63. The van der Waals surface area contributed by atoms with Gasteiger partial charge in [0.15, 0.2) is 0 Å². The van der Waals surface area contributed by atoms with Gasteiger partial charge in [-0.15, -0.1) is 0 Å². The van der Waals surface area contributed by atoms with Crippen molar-refractivity contribution in [1.82, 2.24) is 0 Å². The fraction of sp³-hybridized carbons (Fsp3) is 0.0667. The number of hydrogen-bond donors (Lipinski definition) is 1. The van der Waals surface area contributed by atoms with Crippen molar-refractivity contribution in [2.24, 2.45) is 0 Å². The van der Waals surface area contributed by atoms with Gasteiger partial charge in [-0.2, -0.15) is 0 Å². The minimum Gasteiger partial charge on any atom is -0.465 e. The van der Waals surface area contributed by atoms with Gasteiger partial charge in [0.1, 0.15) is 5.82 Å². The van der Waals surface area contributed by atoms with Crippen LogP contribution in [0.3, 0.4) is 0 Å². The van der Waals surface area contributed by atoms with Crippen LogP contribution in [0.15, 0.2) is 46.9 Å². The first-order valence-electron chi connectivity index (χ1n) is 5.96. The van der Waals surface area contributed by atoms with Gasteiger partial charge < -0.3 is 10.1 Å². The van der Waals surface area contributed by atoms with Crippen molar-refractivity contribution < 1.29 is 18.7 Å². The number of nitrogens with one attached hydrogen (secondary N) is 1. The van der Waals surface area contributed by atoms with E-state index >= 15 is 0 Å². The Bertz CT molecular complexity index is 703. The normalized spacial score (nSPS) is 10.0. The molecule has 1 N–H and O–H groups in total. The van der Waals surface area contributed by atoms with E-state index in [4.69, 9.17) is 0 Å². The number of benzene rings is 2. The first kappa shape index (κ1) is 15.2. The van der Waals surface area contributed by atoms with E-state index < -0.39 is 17.7 Å². The number of halogens is 2. The summed E-state index contributed by atoms with van der Waals surface area (Å²) in [5, 5.41) is 2.43. The molecule has 6 heteroatoms. The van der Waals surface area contributed by atoms with Crippen LogP contribution in [-0.4, -0.2) is 19.0 Å². The van der Waals surface area contributed by atoms with Gasteiger partial charge in [-0.25, -0.2) is 9.18 Å². The first-order valence-corrected chi connectivity index (χ1v) is 6.75. The SMILES string of the molecule is COC(=O)c1ccc(F)c(NC(=O)c2cccc(Br)c2)c1. The monoisotopic (exact) mass is 351 g/mol. The van der Waals surface area contributed by atoms with E-state index in [1.807, 2.05) is 0 Å². The molecule has 21 heavy (non-hydrogen) atoms. The van der Waals surface area contributed by atoms with E-state index in [0.717, 1.165) is 10.5 Å². The Morgan fingerprint density at radius 1 is 1.14 bits per heavy atom. The van der Waals surface area contributed by atoms with Crippen molar-refractivity contribution >= 4 is 33.5 Å². The molecule has 0 saturated heterocycles. The Balaban J connectivity index is 2.26. The largest absolute Gasteiger partial charge is 0.465 e. The lowest BCUT2D eigenvalue weighted by molar-refractivity contribution is 0.0600. The van der Waals surface area contributed by atoms with Crippen LogP contribution in [0, 0.1) is 5.82 Å². The molecule has 2 rings (SSSR count). The molecule has 4 nitrogen and oxygen atoms in total. The zero-order chi connectivity index (χ0) is 15.4. The molecule has 108 valence electrons. The second-order valence-electron chi connectivity index (χ2n) is 4.15. The van der Waals surface area contributed by atoms with E-state index in [1.54, 1.807) is 24.3 Å². The van der Waals surface area contributed by atoms with Crippen molar-refractivity contribution in [1.29, 1.82) is 0 Å². The zero-order valence-corrected chi connectivity index (χ0v) is 12.6. The average Bonchev–Trinajstić information content (AvgIpc) is 2.48. The molecule has 0 heterocycles. The highest BCUT2D eigenvalue weighted by Gasteiger charge is 2.13. The Kier molecular flexibility index (Phi) is 4.70. The summed E-state index contributed by atoms with van der Waals surface area (Å²) in [6, 6.07) is 10.3. The first-order chi connectivity index (χ1) is 10.0. The highest BCUT2D eigenvalue weighted by Crippen LogP contribution is 2.19. The molecule has 0 fully saturated rings. The van der Waals surface area contributed by atoms with Crippen LogP contribution in [0.1, 0.15) is 20.7 Å². The van der Waals surface area contributed by atoms with Crippen LogP contribution >= 0.6 is 15.9 Å². The van der Waals surface area contributed by atoms with Crippen LogP contribution in [0.5, 0.6) is 0 Å². The van der Waals surface area contributed by atoms with E-state index in [9.17, 15) is 14.0 Å². The van der Waals surface area contributed by atoms with Crippen molar-refractivity contribution in [2.75, 3.05) is 12.4 Å². The van der Waals surface area contributed by atoms with Crippen LogP contribution in [-0.2, 0) is 4.74 Å². The van der Waals surface area contributed by atoms with Gasteiger partial charge in [0.25, 0.3) is 5.91 Å². The van der Waals surface area contributed by atoms with Gasteiger partial charge in [0, 0.05) is 10.0 Å². The number of amides is 1. The van der Waals surface area contributed by atoms with Gasteiger partial charge >= 0.3 is 5.97 Å². The molecule has 0 saturated carbocycles. The third-order valence-corrected chi connectivity index (χ3v) is 3.22. The molecule has 0 radical (unpaired) electrons. The highest BCUT2D eigenvalue weighted by atomic mass is 79.9. The van der Waals surface area contributed by atoms with Crippen LogP contribution in [0.4, 0.5) is 10.1 Å². The summed E-state index contributed by atoms with van der Waals surface area (Å²) in [5.41, 5.74) is 0.443. The van der Waals surface area contributed by atoms with Gasteiger partial charge in [0.05, 0.1) is 18.4 Å². The van der Waals surface area contributed by atoms with Gasteiger partial charge in [-0.3, -0.25) is 4.79 Å². The fourth-order valence-electron chi connectivity index (χ4n) is 1.69. The Morgan fingerprint density at radius 2 is 1.90 bits per heavy atom. The van der Waals surface area contributed by atoms with E-state index in [0.29, 0.717) is 5.56 Å². The maximum atomic E-state index is 13.7. The molecule has 0 unspecified atom stereocenters. The number of esters is 1. The van der Waals surface area contributed by atoms with Crippen molar-refractivity contribution in [2.45, 2.75) is 0 Å². The Morgan fingerprint density at radius 3 is 2.57 bits per heavy atom. The lowest BCUT2D eigenvalue weighted by Gasteiger charge is -2.08. The van der Waals surface area contributed by atoms with Gasteiger partial charge in [-0.1, -0.05) is 22.0 Å². The van der Waals surface area contributed by atoms with Crippen LogP contribution in [0.25, 0.3) is 0 Å². The van der Waals surface area contributed by atoms with Gasteiger partial charge in [0.2, 0.25) is 0 Å². The average molecular weight is 352 g/mol. The van der Waals surface area contributed by atoms with Crippen molar-refractivity contribution in [3.05, 3.63) is 63.9 Å². The summed E-state index contributed by atoms with van der Waals surface area (Å²) < 4.78 is 19.0. The number of anilines is 1. The number of rotatable bonds is 3. The van der Waals surface area contributed by atoms with Crippen molar-refractivity contribution in [3.8, 4) is 0 Å². The molecule has 0 aliphatic carbocycles. The van der Waals surface area contributed by atoms with Crippen LogP contribution < -0.4 is 5.32 Å². The summed E-state index contributed by atoms with van der Waals surface area (Å²) in [7, 11) is 1.23. The second kappa shape index (κ2) is 6.49. The van der Waals surface area contributed by atoms with E-state index in [1.165, 1.54) is 19.2 Å². The molecule has 0 atom stereocenters. The molecule has 0 aliphatic rings. The molecule has 1 amide bonds. The summed E-state index contributed by atoms with van der Waals surface area (Å²) in [5.74, 6) is -1.71. The van der Waals surface area contributed by atoms with Gasteiger partial charge in [-0.05, 0) is 36.4 Å². The van der Waals surface area contributed by atoms with E-state index in [2.05, 4.69) is 26.0 Å². The number of hydrogen-bond acceptors (Lipinski definition) is 3. The maximum Gasteiger partial charge on any atom is 0.337 e. The molecule has 2 aromatic rings. The smallest absolute Gasteiger partial charge is 0.337 e. The predicted molar refractivity (Wildman–Crippen MR) is 79.8 cm³/mol. The zero-order valence-electron chi connectivity index (χ0n) is 11.0. The lowest BCUT2D eigenvalue weighted by Crippen LogP contribution is -2.14. The lowest BCUT2D eigenvalue weighted by atomic mass is 10.1. The molecule has 2 aromatic carbocycles. The molecule has 0 aromatic heterocycles. The molecule has 0 bridgehead atoms. The third kappa shape index (κ3) is 3.66. The number of carbonyl (C=O) groups is 2. The fourth-order valence-corrected chi connectivity index (χ4v) is 2.09. The topological polar surface area (TPSA) is 55.4 Å². The minimum absolute atomic E-state index is 0.0807. The molecular weight excluding hydrogens is 341 g/mol. The third-order valence-electron chi connectivity index (χ3n) is 2.72. The Labute approximate surface area is 129 Å².